The van der Waals surface area contributed by atoms with E-state index in [4.69, 9.17) is 4.98 Å². The van der Waals surface area contributed by atoms with Gasteiger partial charge in [-0.1, -0.05) is 20.8 Å². The fraction of sp³-hybridized carbons (Fsp3) is 0.800. The van der Waals surface area contributed by atoms with Gasteiger partial charge in [0.25, 0.3) is 0 Å². The summed E-state index contributed by atoms with van der Waals surface area (Å²) in [6.45, 7) is 10.1. The van der Waals surface area contributed by atoms with Crippen molar-refractivity contribution in [3.8, 4) is 0 Å². The van der Waals surface area contributed by atoms with Crippen LogP contribution in [0.25, 0.3) is 0 Å². The first-order valence-electron chi connectivity index (χ1n) is 7.39. The summed E-state index contributed by atoms with van der Waals surface area (Å²) in [6, 6.07) is 0. The normalized spacial score (nSPS) is 18.9. The van der Waals surface area contributed by atoms with E-state index in [1.54, 1.807) is 0 Å². The molecule has 0 aliphatic heterocycles. The minimum Gasteiger partial charge on any atom is -0.305 e. The number of aryl methyl sites for hydroxylation is 2. The second kappa shape index (κ2) is 5.70. The standard InChI is InChI=1S/C15H26N2S/c1-5-10-16-15(7-3,12-8-9-12)14-17-13(6-2)11(4)18-14/h12,16H,5-10H2,1-4H3. The van der Waals surface area contributed by atoms with Crippen LogP contribution in [0.3, 0.4) is 0 Å². The highest BCUT2D eigenvalue weighted by atomic mass is 32.1. The molecule has 18 heavy (non-hydrogen) atoms. The first-order chi connectivity index (χ1) is 8.67. The van der Waals surface area contributed by atoms with Crippen LogP contribution in [0.1, 0.15) is 62.0 Å². The SMILES string of the molecule is CCCNC(CC)(c1nc(CC)c(C)s1)C1CC1. The number of aromatic nitrogens is 1. The summed E-state index contributed by atoms with van der Waals surface area (Å²) < 4.78 is 0. The predicted molar refractivity (Wildman–Crippen MR) is 79.2 cm³/mol. The lowest BCUT2D eigenvalue weighted by Crippen LogP contribution is -2.44. The van der Waals surface area contributed by atoms with Crippen molar-refractivity contribution < 1.29 is 0 Å². The van der Waals surface area contributed by atoms with Crippen LogP contribution in [0.4, 0.5) is 0 Å². The van der Waals surface area contributed by atoms with Gasteiger partial charge in [0.05, 0.1) is 11.2 Å². The van der Waals surface area contributed by atoms with Gasteiger partial charge in [-0.3, -0.25) is 0 Å². The molecule has 0 aromatic carbocycles. The van der Waals surface area contributed by atoms with Gasteiger partial charge in [0, 0.05) is 4.88 Å². The average molecular weight is 266 g/mol. The van der Waals surface area contributed by atoms with Gasteiger partial charge in [-0.15, -0.1) is 11.3 Å². The lowest BCUT2D eigenvalue weighted by atomic mass is 9.90. The van der Waals surface area contributed by atoms with E-state index in [-0.39, 0.29) is 5.54 Å². The molecule has 0 amide bonds. The fourth-order valence-corrected chi connectivity index (χ4v) is 4.15. The first kappa shape index (κ1) is 14.0. The van der Waals surface area contributed by atoms with Crippen LogP contribution >= 0.6 is 11.3 Å². The summed E-state index contributed by atoms with van der Waals surface area (Å²) in [4.78, 5) is 6.35. The molecule has 1 aliphatic carbocycles. The minimum absolute atomic E-state index is 0.166. The van der Waals surface area contributed by atoms with Crippen LogP contribution in [0, 0.1) is 12.8 Å². The van der Waals surface area contributed by atoms with Gasteiger partial charge in [-0.25, -0.2) is 4.98 Å². The maximum atomic E-state index is 4.94. The summed E-state index contributed by atoms with van der Waals surface area (Å²) in [5, 5.41) is 5.17. The molecule has 1 fully saturated rings. The van der Waals surface area contributed by atoms with Crippen molar-refractivity contribution in [2.24, 2.45) is 5.92 Å². The van der Waals surface area contributed by atoms with E-state index in [2.05, 4.69) is 33.0 Å². The zero-order valence-electron chi connectivity index (χ0n) is 12.2. The molecular formula is C15H26N2S. The van der Waals surface area contributed by atoms with Crippen molar-refractivity contribution in [3.63, 3.8) is 0 Å². The molecule has 0 radical (unpaired) electrons. The smallest absolute Gasteiger partial charge is 0.114 e. The Morgan fingerprint density at radius 2 is 2.06 bits per heavy atom. The van der Waals surface area contributed by atoms with Crippen LogP contribution < -0.4 is 5.32 Å². The van der Waals surface area contributed by atoms with Gasteiger partial charge in [-0.2, -0.15) is 0 Å². The largest absolute Gasteiger partial charge is 0.305 e. The maximum absolute atomic E-state index is 4.94. The van der Waals surface area contributed by atoms with Crippen molar-refractivity contribution in [1.82, 2.24) is 10.3 Å². The molecule has 1 aromatic rings. The van der Waals surface area contributed by atoms with Crippen molar-refractivity contribution in [2.75, 3.05) is 6.54 Å². The van der Waals surface area contributed by atoms with E-state index in [0.717, 1.165) is 25.3 Å². The third-order valence-electron chi connectivity index (χ3n) is 4.13. The second-order valence-corrected chi connectivity index (χ2v) is 6.60. The van der Waals surface area contributed by atoms with E-state index >= 15 is 0 Å². The zero-order valence-corrected chi connectivity index (χ0v) is 13.0. The molecular weight excluding hydrogens is 240 g/mol. The van der Waals surface area contributed by atoms with Crippen molar-refractivity contribution in [2.45, 2.75) is 65.3 Å². The lowest BCUT2D eigenvalue weighted by Gasteiger charge is -2.32. The molecule has 2 nitrogen and oxygen atoms in total. The van der Waals surface area contributed by atoms with Crippen molar-refractivity contribution in [1.29, 1.82) is 0 Å². The third kappa shape index (κ3) is 2.48. The Hall–Kier alpha value is -0.410. The molecule has 1 aliphatic rings. The Labute approximate surface area is 115 Å². The van der Waals surface area contributed by atoms with Gasteiger partial charge in [0.2, 0.25) is 0 Å². The predicted octanol–water partition coefficient (Wildman–Crippen LogP) is 4.03. The summed E-state index contributed by atoms with van der Waals surface area (Å²) in [6.07, 6.45) is 6.14. The fourth-order valence-electron chi connectivity index (χ4n) is 2.83. The summed E-state index contributed by atoms with van der Waals surface area (Å²) >= 11 is 1.92. The van der Waals surface area contributed by atoms with Crippen LogP contribution in [0.5, 0.6) is 0 Å². The highest BCUT2D eigenvalue weighted by Crippen LogP contribution is 2.49. The van der Waals surface area contributed by atoms with Crippen LogP contribution in [-0.2, 0) is 12.0 Å². The highest BCUT2D eigenvalue weighted by molar-refractivity contribution is 7.11. The third-order valence-corrected chi connectivity index (χ3v) is 5.32. The molecule has 3 heteroatoms. The molecule has 1 atom stereocenters. The topological polar surface area (TPSA) is 24.9 Å². The monoisotopic (exact) mass is 266 g/mol. The van der Waals surface area contributed by atoms with E-state index in [0.29, 0.717) is 0 Å². The maximum Gasteiger partial charge on any atom is 0.114 e. The highest BCUT2D eigenvalue weighted by Gasteiger charge is 2.46. The molecule has 2 rings (SSSR count). The Bertz CT molecular complexity index is 395. The quantitative estimate of drug-likeness (QED) is 0.806. The molecule has 0 spiro atoms. The average Bonchev–Trinajstić information content (AvgIpc) is 3.15. The lowest BCUT2D eigenvalue weighted by molar-refractivity contribution is 0.275. The zero-order chi connectivity index (χ0) is 13.2. The molecule has 1 heterocycles. The minimum atomic E-state index is 0.166. The molecule has 102 valence electrons. The van der Waals surface area contributed by atoms with Gasteiger partial charge in [0.15, 0.2) is 0 Å². The number of nitrogens with zero attached hydrogens (tertiary/aromatic N) is 1. The summed E-state index contributed by atoms with van der Waals surface area (Å²) in [7, 11) is 0. The number of rotatable bonds is 7. The first-order valence-corrected chi connectivity index (χ1v) is 8.21. The van der Waals surface area contributed by atoms with Gasteiger partial charge < -0.3 is 5.32 Å². The number of nitrogens with one attached hydrogen (secondary N) is 1. The Morgan fingerprint density at radius 3 is 2.50 bits per heavy atom. The van der Waals surface area contributed by atoms with E-state index < -0.39 is 0 Å². The van der Waals surface area contributed by atoms with Crippen molar-refractivity contribution in [3.05, 3.63) is 15.6 Å². The van der Waals surface area contributed by atoms with Gasteiger partial charge >= 0.3 is 0 Å². The molecule has 0 saturated heterocycles. The number of hydrogen-bond acceptors (Lipinski definition) is 3. The van der Waals surface area contributed by atoms with E-state index in [1.165, 1.54) is 34.8 Å². The van der Waals surface area contributed by atoms with E-state index in [1.807, 2.05) is 11.3 Å². The molecule has 1 saturated carbocycles. The van der Waals surface area contributed by atoms with Crippen LogP contribution in [0.2, 0.25) is 0 Å². The Kier molecular flexibility index (Phi) is 4.44. The van der Waals surface area contributed by atoms with Crippen molar-refractivity contribution >= 4 is 11.3 Å². The number of hydrogen-bond donors (Lipinski definition) is 1. The van der Waals surface area contributed by atoms with Crippen LogP contribution in [0.15, 0.2) is 0 Å². The van der Waals surface area contributed by atoms with Gasteiger partial charge in [-0.05, 0) is 51.5 Å². The number of thiazole rings is 1. The molecule has 1 aromatic heterocycles. The summed E-state index contributed by atoms with van der Waals surface area (Å²) in [5.41, 5.74) is 1.46. The molecule has 1 N–H and O–H groups in total. The van der Waals surface area contributed by atoms with E-state index in [9.17, 15) is 0 Å². The molecule has 0 bridgehead atoms. The Balaban J connectivity index is 2.31. The van der Waals surface area contributed by atoms with Gasteiger partial charge in [0.1, 0.15) is 5.01 Å². The second-order valence-electron chi connectivity index (χ2n) is 5.40. The van der Waals surface area contributed by atoms with Crippen LogP contribution in [-0.4, -0.2) is 11.5 Å². The summed E-state index contributed by atoms with van der Waals surface area (Å²) in [5.74, 6) is 0.810. The Morgan fingerprint density at radius 1 is 1.33 bits per heavy atom. The molecule has 1 unspecified atom stereocenters.